The zero-order valence-electron chi connectivity index (χ0n) is 16.9. The number of likely N-dealkylation sites (tertiary alicyclic amines) is 1. The highest BCUT2D eigenvalue weighted by Gasteiger charge is 2.26. The van der Waals surface area contributed by atoms with Gasteiger partial charge in [-0.05, 0) is 64.0 Å². The Labute approximate surface area is 165 Å². The number of piperidine rings is 1. The third kappa shape index (κ3) is 3.91. The van der Waals surface area contributed by atoms with Gasteiger partial charge in [-0.25, -0.2) is 9.50 Å². The highest BCUT2D eigenvalue weighted by Crippen LogP contribution is 2.23. The Hall–Kier alpha value is -2.76. The molecule has 1 aliphatic heterocycles. The molecule has 28 heavy (non-hydrogen) atoms. The van der Waals surface area contributed by atoms with Gasteiger partial charge >= 0.3 is 0 Å². The minimum atomic E-state index is -0.0838. The monoisotopic (exact) mass is 377 g/mol. The molecular weight excluding hydrogens is 350 g/mol. The number of hydrogen-bond donors (Lipinski definition) is 0. The van der Waals surface area contributed by atoms with Crippen molar-refractivity contribution in [2.45, 2.75) is 46.5 Å². The summed E-state index contributed by atoms with van der Waals surface area (Å²) in [6.45, 7) is 7.54. The second kappa shape index (κ2) is 7.70. The van der Waals surface area contributed by atoms with Gasteiger partial charge in [0.2, 0.25) is 5.82 Å². The molecule has 1 aromatic carbocycles. The van der Waals surface area contributed by atoms with Crippen molar-refractivity contribution in [1.29, 1.82) is 0 Å². The van der Waals surface area contributed by atoms with Gasteiger partial charge in [0.15, 0.2) is 0 Å². The van der Waals surface area contributed by atoms with E-state index in [1.165, 1.54) is 17.5 Å². The van der Waals surface area contributed by atoms with E-state index in [2.05, 4.69) is 46.3 Å². The van der Waals surface area contributed by atoms with Crippen molar-refractivity contribution in [3.8, 4) is 0 Å². The molecule has 0 aliphatic carbocycles. The number of fused-ring (bicyclic) bond motifs is 1. The molecule has 0 radical (unpaired) electrons. The second-order valence-corrected chi connectivity index (χ2v) is 7.95. The number of rotatable bonds is 4. The molecule has 2 aromatic heterocycles. The lowest BCUT2D eigenvalue weighted by atomic mass is 9.90. The molecule has 0 saturated carbocycles. The van der Waals surface area contributed by atoms with Crippen LogP contribution in [0.25, 0.3) is 5.78 Å². The molecule has 1 amide bonds. The fourth-order valence-electron chi connectivity index (χ4n) is 3.95. The average molecular weight is 377 g/mol. The van der Waals surface area contributed by atoms with Crippen LogP contribution >= 0.6 is 0 Å². The molecule has 6 heteroatoms. The maximum atomic E-state index is 12.8. The summed E-state index contributed by atoms with van der Waals surface area (Å²) in [5.74, 6) is 1.33. The highest BCUT2D eigenvalue weighted by molar-refractivity contribution is 5.91. The molecule has 146 valence electrons. The average Bonchev–Trinajstić information content (AvgIpc) is 3.12. The van der Waals surface area contributed by atoms with Crippen LogP contribution in [0.3, 0.4) is 0 Å². The van der Waals surface area contributed by atoms with E-state index in [1.807, 2.05) is 24.8 Å². The molecule has 0 unspecified atom stereocenters. The molecule has 0 N–H and O–H groups in total. The molecule has 1 saturated heterocycles. The van der Waals surface area contributed by atoms with Crippen LogP contribution < -0.4 is 0 Å². The van der Waals surface area contributed by atoms with Crippen LogP contribution in [0.15, 0.2) is 30.3 Å². The summed E-state index contributed by atoms with van der Waals surface area (Å²) >= 11 is 0. The first-order valence-electron chi connectivity index (χ1n) is 10.1. The van der Waals surface area contributed by atoms with Crippen LogP contribution in [-0.2, 0) is 6.42 Å². The number of benzene rings is 1. The third-order valence-electron chi connectivity index (χ3n) is 5.67. The Balaban J connectivity index is 1.35. The van der Waals surface area contributed by atoms with Crippen molar-refractivity contribution in [2.24, 2.45) is 5.92 Å². The largest absolute Gasteiger partial charge is 0.336 e. The predicted molar refractivity (Wildman–Crippen MR) is 108 cm³/mol. The van der Waals surface area contributed by atoms with Crippen molar-refractivity contribution in [3.63, 3.8) is 0 Å². The number of aryl methyl sites for hydroxylation is 4. The highest BCUT2D eigenvalue weighted by atomic mass is 16.2. The van der Waals surface area contributed by atoms with E-state index in [0.717, 1.165) is 43.7 Å². The minimum Gasteiger partial charge on any atom is -0.336 e. The maximum absolute atomic E-state index is 12.8. The fourth-order valence-corrected chi connectivity index (χ4v) is 3.95. The maximum Gasteiger partial charge on any atom is 0.293 e. The van der Waals surface area contributed by atoms with Crippen molar-refractivity contribution < 1.29 is 4.79 Å². The third-order valence-corrected chi connectivity index (χ3v) is 5.67. The van der Waals surface area contributed by atoms with Crippen LogP contribution in [-0.4, -0.2) is 43.5 Å². The standard InChI is InChI=1S/C22H27N5O/c1-15-4-6-18(7-5-15)8-9-19-10-12-26(13-11-19)21(28)20-24-22-23-16(2)14-17(3)27(22)25-20/h4-7,14,19H,8-13H2,1-3H3. The summed E-state index contributed by atoms with van der Waals surface area (Å²) in [4.78, 5) is 23.5. The lowest BCUT2D eigenvalue weighted by Gasteiger charge is -2.31. The molecule has 6 nitrogen and oxygen atoms in total. The summed E-state index contributed by atoms with van der Waals surface area (Å²) in [6, 6.07) is 10.7. The van der Waals surface area contributed by atoms with Gasteiger partial charge in [0.25, 0.3) is 11.7 Å². The normalized spacial score (nSPS) is 15.3. The van der Waals surface area contributed by atoms with E-state index >= 15 is 0 Å². The van der Waals surface area contributed by atoms with Crippen LogP contribution in [0.1, 0.15) is 52.4 Å². The summed E-state index contributed by atoms with van der Waals surface area (Å²) in [7, 11) is 0. The topological polar surface area (TPSA) is 63.4 Å². The second-order valence-electron chi connectivity index (χ2n) is 7.95. The fraction of sp³-hybridized carbons (Fsp3) is 0.455. The first-order valence-corrected chi connectivity index (χ1v) is 10.1. The van der Waals surface area contributed by atoms with Crippen LogP contribution in [0.2, 0.25) is 0 Å². The predicted octanol–water partition coefficient (Wildman–Crippen LogP) is 3.53. The van der Waals surface area contributed by atoms with Crippen LogP contribution in [0, 0.1) is 26.7 Å². The Bertz CT molecular complexity index is 984. The van der Waals surface area contributed by atoms with Crippen molar-refractivity contribution >= 4 is 11.7 Å². The number of hydrogen-bond acceptors (Lipinski definition) is 4. The summed E-state index contributed by atoms with van der Waals surface area (Å²) in [5.41, 5.74) is 4.52. The molecule has 3 aromatic rings. The molecule has 1 aliphatic rings. The lowest BCUT2D eigenvalue weighted by Crippen LogP contribution is -2.39. The van der Waals surface area contributed by atoms with Gasteiger partial charge in [0, 0.05) is 24.5 Å². The van der Waals surface area contributed by atoms with Gasteiger partial charge in [-0.3, -0.25) is 4.79 Å². The first kappa shape index (κ1) is 18.6. The summed E-state index contributed by atoms with van der Waals surface area (Å²) < 4.78 is 1.65. The number of amides is 1. The summed E-state index contributed by atoms with van der Waals surface area (Å²) in [5, 5.41) is 4.38. The van der Waals surface area contributed by atoms with E-state index in [0.29, 0.717) is 11.7 Å². The van der Waals surface area contributed by atoms with Gasteiger partial charge in [0.05, 0.1) is 0 Å². The van der Waals surface area contributed by atoms with Gasteiger partial charge < -0.3 is 4.90 Å². The lowest BCUT2D eigenvalue weighted by molar-refractivity contribution is 0.0675. The van der Waals surface area contributed by atoms with Crippen LogP contribution in [0.4, 0.5) is 0 Å². The molecule has 4 rings (SSSR count). The molecule has 1 fully saturated rings. The Kier molecular flexibility index (Phi) is 5.11. The van der Waals surface area contributed by atoms with E-state index in [4.69, 9.17) is 0 Å². The Morgan fingerprint density at radius 2 is 1.79 bits per heavy atom. The van der Waals surface area contributed by atoms with E-state index in [1.54, 1.807) is 4.52 Å². The van der Waals surface area contributed by atoms with Gasteiger partial charge in [0.1, 0.15) is 0 Å². The van der Waals surface area contributed by atoms with Crippen molar-refractivity contribution in [3.05, 3.63) is 58.7 Å². The SMILES string of the molecule is Cc1ccc(CCC2CCN(C(=O)c3nc4nc(C)cc(C)n4n3)CC2)cc1. The molecule has 0 atom stereocenters. The molecular formula is C22H27N5O. The zero-order chi connectivity index (χ0) is 19.7. The number of aromatic nitrogens is 4. The number of carbonyl (C=O) groups is 1. The minimum absolute atomic E-state index is 0.0838. The van der Waals surface area contributed by atoms with E-state index in [9.17, 15) is 4.79 Å². The van der Waals surface area contributed by atoms with Gasteiger partial charge in [-0.2, -0.15) is 4.98 Å². The van der Waals surface area contributed by atoms with Crippen molar-refractivity contribution in [2.75, 3.05) is 13.1 Å². The molecule has 0 spiro atoms. The zero-order valence-corrected chi connectivity index (χ0v) is 16.9. The molecule has 0 bridgehead atoms. The quantitative estimate of drug-likeness (QED) is 0.698. The van der Waals surface area contributed by atoms with E-state index < -0.39 is 0 Å². The Morgan fingerprint density at radius 3 is 2.50 bits per heavy atom. The van der Waals surface area contributed by atoms with Gasteiger partial charge in [-0.15, -0.1) is 5.10 Å². The number of nitrogens with zero attached hydrogens (tertiary/aromatic N) is 5. The Morgan fingerprint density at radius 1 is 1.07 bits per heavy atom. The smallest absolute Gasteiger partial charge is 0.293 e. The van der Waals surface area contributed by atoms with Crippen molar-refractivity contribution in [1.82, 2.24) is 24.5 Å². The van der Waals surface area contributed by atoms with Gasteiger partial charge in [-0.1, -0.05) is 29.8 Å². The summed E-state index contributed by atoms with van der Waals surface area (Å²) in [6.07, 6.45) is 4.37. The molecule has 3 heterocycles. The van der Waals surface area contributed by atoms with E-state index in [-0.39, 0.29) is 11.7 Å². The van der Waals surface area contributed by atoms with Crippen LogP contribution in [0.5, 0.6) is 0 Å². The first-order chi connectivity index (χ1) is 13.5. The number of carbonyl (C=O) groups excluding carboxylic acids is 1.